The second-order valence-electron chi connectivity index (χ2n) is 4.19. The molecule has 0 bridgehead atoms. The molecule has 70 valence electrons. The Morgan fingerprint density at radius 1 is 1.50 bits per heavy atom. The van der Waals surface area contributed by atoms with Gasteiger partial charge in [-0.2, -0.15) is 0 Å². The molecule has 0 aromatic heterocycles. The maximum atomic E-state index is 11.7. The van der Waals surface area contributed by atoms with Gasteiger partial charge in [-0.15, -0.1) is 0 Å². The smallest absolute Gasteiger partial charge is 0.242 e. The highest BCUT2D eigenvalue weighted by Gasteiger charge is 2.35. The van der Waals surface area contributed by atoms with Crippen LogP contribution in [0.3, 0.4) is 0 Å². The van der Waals surface area contributed by atoms with E-state index < -0.39 is 5.54 Å². The third-order valence-electron chi connectivity index (χ3n) is 2.51. The summed E-state index contributed by atoms with van der Waals surface area (Å²) in [4.78, 5) is 13.6. The maximum absolute atomic E-state index is 11.7. The summed E-state index contributed by atoms with van der Waals surface area (Å²) < 4.78 is 0. The Labute approximate surface area is 74.1 Å². The van der Waals surface area contributed by atoms with Crippen LogP contribution in [0.5, 0.6) is 0 Å². The third-order valence-corrected chi connectivity index (χ3v) is 2.51. The number of nitrogens with one attached hydrogen (secondary N) is 1. The summed E-state index contributed by atoms with van der Waals surface area (Å²) in [7, 11) is 1.82. The lowest BCUT2D eigenvalue weighted by molar-refractivity contribution is -0.142. The Balaban J connectivity index is 2.48. The summed E-state index contributed by atoms with van der Waals surface area (Å²) in [6, 6.07) is 0. The van der Waals surface area contributed by atoms with Crippen LogP contribution in [-0.2, 0) is 4.79 Å². The van der Waals surface area contributed by atoms with Crippen LogP contribution < -0.4 is 5.32 Å². The van der Waals surface area contributed by atoms with E-state index in [1.807, 2.05) is 25.8 Å². The Kier molecular flexibility index (Phi) is 2.42. The molecule has 12 heavy (non-hydrogen) atoms. The van der Waals surface area contributed by atoms with Crippen molar-refractivity contribution in [2.45, 2.75) is 26.3 Å². The zero-order chi connectivity index (χ0) is 9.35. The number of amides is 1. The molecule has 0 saturated carbocycles. The van der Waals surface area contributed by atoms with E-state index >= 15 is 0 Å². The van der Waals surface area contributed by atoms with Crippen LogP contribution in [0.4, 0.5) is 0 Å². The predicted octanol–water partition coefficient (Wildman–Crippen LogP) is 0.463. The normalized spacial score (nSPS) is 19.2. The van der Waals surface area contributed by atoms with Crippen LogP contribution in [0.15, 0.2) is 0 Å². The number of likely N-dealkylation sites (N-methyl/N-ethyl adjacent to an activating group) is 1. The van der Waals surface area contributed by atoms with Crippen molar-refractivity contribution < 1.29 is 4.79 Å². The van der Waals surface area contributed by atoms with Gasteiger partial charge in [0.2, 0.25) is 5.91 Å². The molecule has 0 unspecified atom stereocenters. The molecule has 3 heteroatoms. The van der Waals surface area contributed by atoms with Gasteiger partial charge in [0.1, 0.15) is 0 Å². The maximum Gasteiger partial charge on any atom is 0.242 e. The first kappa shape index (κ1) is 9.52. The monoisotopic (exact) mass is 170 g/mol. The Morgan fingerprint density at radius 2 is 2.00 bits per heavy atom. The van der Waals surface area contributed by atoms with Gasteiger partial charge in [0, 0.05) is 13.1 Å². The average Bonchev–Trinajstić information content (AvgIpc) is 1.97. The average molecular weight is 170 g/mol. The van der Waals surface area contributed by atoms with Gasteiger partial charge in [0.25, 0.3) is 0 Å². The summed E-state index contributed by atoms with van der Waals surface area (Å²) in [5.41, 5.74) is -0.403. The number of hydrogen-bond acceptors (Lipinski definition) is 2. The summed E-state index contributed by atoms with van der Waals surface area (Å²) in [5, 5.41) is 3.01. The van der Waals surface area contributed by atoms with Crippen LogP contribution in [0.2, 0.25) is 0 Å². The SMILES string of the molecule is CNC(C)(C)C(=O)N1CC(C)C1. The second kappa shape index (κ2) is 3.05. The summed E-state index contributed by atoms with van der Waals surface area (Å²) in [5.74, 6) is 0.893. The molecule has 1 aliphatic rings. The molecule has 3 nitrogen and oxygen atoms in total. The summed E-state index contributed by atoms with van der Waals surface area (Å²) in [6.07, 6.45) is 0. The molecule has 0 atom stereocenters. The molecule has 0 spiro atoms. The minimum absolute atomic E-state index is 0.211. The molecular weight excluding hydrogens is 152 g/mol. The topological polar surface area (TPSA) is 32.3 Å². The quantitative estimate of drug-likeness (QED) is 0.653. The van der Waals surface area contributed by atoms with E-state index in [9.17, 15) is 4.79 Å². The standard InChI is InChI=1S/C9H18N2O/c1-7-5-11(6-7)8(12)9(2,3)10-4/h7,10H,5-6H2,1-4H3. The predicted molar refractivity (Wildman–Crippen MR) is 48.9 cm³/mol. The molecule has 1 rings (SSSR count). The number of nitrogens with zero attached hydrogens (tertiary/aromatic N) is 1. The van der Waals surface area contributed by atoms with Crippen molar-refractivity contribution >= 4 is 5.91 Å². The zero-order valence-electron chi connectivity index (χ0n) is 8.35. The number of likely N-dealkylation sites (tertiary alicyclic amines) is 1. The van der Waals surface area contributed by atoms with E-state index in [4.69, 9.17) is 0 Å². The van der Waals surface area contributed by atoms with Gasteiger partial charge in [-0.1, -0.05) is 6.92 Å². The van der Waals surface area contributed by atoms with E-state index in [1.165, 1.54) is 0 Å². The molecule has 1 heterocycles. The van der Waals surface area contributed by atoms with Crippen molar-refractivity contribution in [3.8, 4) is 0 Å². The lowest BCUT2D eigenvalue weighted by Crippen LogP contribution is -2.59. The highest BCUT2D eigenvalue weighted by molar-refractivity contribution is 5.86. The molecular formula is C9H18N2O. The first-order valence-corrected chi connectivity index (χ1v) is 4.45. The largest absolute Gasteiger partial charge is 0.340 e. The first-order valence-electron chi connectivity index (χ1n) is 4.45. The fourth-order valence-corrected chi connectivity index (χ4v) is 1.37. The molecule has 1 aliphatic heterocycles. The molecule has 0 aliphatic carbocycles. The molecule has 1 N–H and O–H groups in total. The zero-order valence-corrected chi connectivity index (χ0v) is 8.35. The van der Waals surface area contributed by atoms with Crippen molar-refractivity contribution in [1.29, 1.82) is 0 Å². The molecule has 1 fully saturated rings. The van der Waals surface area contributed by atoms with Crippen molar-refractivity contribution in [3.63, 3.8) is 0 Å². The van der Waals surface area contributed by atoms with Gasteiger partial charge in [0.05, 0.1) is 5.54 Å². The van der Waals surface area contributed by atoms with Crippen molar-refractivity contribution in [2.75, 3.05) is 20.1 Å². The first-order chi connectivity index (χ1) is 5.47. The van der Waals surface area contributed by atoms with Crippen LogP contribution in [0.1, 0.15) is 20.8 Å². The Morgan fingerprint density at radius 3 is 2.33 bits per heavy atom. The van der Waals surface area contributed by atoms with Gasteiger partial charge >= 0.3 is 0 Å². The molecule has 0 aromatic carbocycles. The Bertz CT molecular complexity index is 183. The highest BCUT2D eigenvalue weighted by atomic mass is 16.2. The van der Waals surface area contributed by atoms with Crippen LogP contribution in [0.25, 0.3) is 0 Å². The van der Waals surface area contributed by atoms with Gasteiger partial charge in [-0.25, -0.2) is 0 Å². The van der Waals surface area contributed by atoms with Crippen molar-refractivity contribution in [2.24, 2.45) is 5.92 Å². The molecule has 0 aromatic rings. The van der Waals surface area contributed by atoms with Crippen molar-refractivity contribution in [1.82, 2.24) is 10.2 Å². The fraction of sp³-hybridized carbons (Fsp3) is 0.889. The van der Waals surface area contributed by atoms with Gasteiger partial charge < -0.3 is 10.2 Å². The minimum atomic E-state index is -0.403. The fourth-order valence-electron chi connectivity index (χ4n) is 1.37. The number of rotatable bonds is 2. The molecule has 1 amide bonds. The van der Waals surface area contributed by atoms with Crippen LogP contribution in [-0.4, -0.2) is 36.5 Å². The second-order valence-corrected chi connectivity index (χ2v) is 4.19. The third kappa shape index (κ3) is 1.61. The van der Waals surface area contributed by atoms with E-state index in [0.29, 0.717) is 5.92 Å². The number of carbonyl (C=O) groups excluding carboxylic acids is 1. The molecule has 1 saturated heterocycles. The summed E-state index contributed by atoms with van der Waals surface area (Å²) >= 11 is 0. The highest BCUT2D eigenvalue weighted by Crippen LogP contribution is 2.18. The Hall–Kier alpha value is -0.570. The lowest BCUT2D eigenvalue weighted by atomic mass is 9.96. The van der Waals surface area contributed by atoms with Gasteiger partial charge in [-0.3, -0.25) is 4.79 Å². The van der Waals surface area contributed by atoms with Crippen LogP contribution in [0, 0.1) is 5.92 Å². The van der Waals surface area contributed by atoms with E-state index in [1.54, 1.807) is 0 Å². The minimum Gasteiger partial charge on any atom is -0.340 e. The number of carbonyl (C=O) groups is 1. The van der Waals surface area contributed by atoms with E-state index in [-0.39, 0.29) is 5.91 Å². The molecule has 0 radical (unpaired) electrons. The summed E-state index contributed by atoms with van der Waals surface area (Å²) in [6.45, 7) is 7.83. The lowest BCUT2D eigenvalue weighted by Gasteiger charge is -2.41. The van der Waals surface area contributed by atoms with E-state index in [2.05, 4.69) is 12.2 Å². The van der Waals surface area contributed by atoms with E-state index in [0.717, 1.165) is 13.1 Å². The van der Waals surface area contributed by atoms with Crippen LogP contribution >= 0.6 is 0 Å². The van der Waals surface area contributed by atoms with Gasteiger partial charge in [0.15, 0.2) is 0 Å². The van der Waals surface area contributed by atoms with Gasteiger partial charge in [-0.05, 0) is 26.8 Å². The number of hydrogen-bond donors (Lipinski definition) is 1. The van der Waals surface area contributed by atoms with Crippen molar-refractivity contribution in [3.05, 3.63) is 0 Å².